The number of hydrogen-bond acceptors (Lipinski definition) is 4. The highest BCUT2D eigenvalue weighted by Gasteiger charge is 2.15. The van der Waals surface area contributed by atoms with Gasteiger partial charge in [0.1, 0.15) is 18.2 Å². The summed E-state index contributed by atoms with van der Waals surface area (Å²) in [6, 6.07) is 17.2. The van der Waals surface area contributed by atoms with Gasteiger partial charge in [-0.05, 0) is 61.0 Å². The Bertz CT molecular complexity index is 1290. The first-order valence-corrected chi connectivity index (χ1v) is 11.9. The minimum atomic E-state index is -0.563. The number of hydrogen-bond donors (Lipinski definition) is 1. The number of nitriles is 1. The Hall–Kier alpha value is -2.69. The molecule has 1 amide bonds. The summed E-state index contributed by atoms with van der Waals surface area (Å²) in [7, 11) is 0. The molecule has 3 aromatic rings. The molecule has 0 heterocycles. The molecule has 0 fully saturated rings. The lowest BCUT2D eigenvalue weighted by molar-refractivity contribution is -0.112. The molecule has 0 saturated carbocycles. The molecule has 3 rings (SSSR count). The minimum Gasteiger partial charge on any atom is -0.490 e. The van der Waals surface area contributed by atoms with Gasteiger partial charge in [0.05, 0.1) is 6.61 Å². The van der Waals surface area contributed by atoms with Crippen LogP contribution in [0.25, 0.3) is 6.08 Å². The maximum atomic E-state index is 12.6. The first-order chi connectivity index (χ1) is 16.3. The van der Waals surface area contributed by atoms with E-state index >= 15 is 0 Å². The van der Waals surface area contributed by atoms with Gasteiger partial charge < -0.3 is 14.8 Å². The molecule has 0 spiro atoms. The summed E-state index contributed by atoms with van der Waals surface area (Å²) >= 11 is 21.6. The monoisotopic (exact) mass is 578 g/mol. The highest BCUT2D eigenvalue weighted by atomic mass is 79.9. The number of amides is 1. The largest absolute Gasteiger partial charge is 0.490 e. The predicted molar refractivity (Wildman–Crippen MR) is 140 cm³/mol. The number of halogens is 4. The molecule has 0 aliphatic rings. The van der Waals surface area contributed by atoms with Crippen LogP contribution in [0.3, 0.4) is 0 Å². The van der Waals surface area contributed by atoms with Crippen LogP contribution in [0, 0.1) is 11.3 Å². The summed E-state index contributed by atoms with van der Waals surface area (Å²) in [6.45, 7) is 2.43. The Morgan fingerprint density at radius 1 is 1.06 bits per heavy atom. The van der Waals surface area contributed by atoms with Crippen molar-refractivity contribution in [3.05, 3.63) is 90.8 Å². The highest BCUT2D eigenvalue weighted by molar-refractivity contribution is 9.10. The molecule has 0 aliphatic heterocycles. The number of nitrogens with one attached hydrogen (secondary N) is 1. The van der Waals surface area contributed by atoms with Crippen molar-refractivity contribution in [1.29, 1.82) is 5.26 Å². The van der Waals surface area contributed by atoms with E-state index in [1.54, 1.807) is 54.6 Å². The molecule has 0 aromatic heterocycles. The Morgan fingerprint density at radius 3 is 2.47 bits per heavy atom. The molecule has 1 N–H and O–H groups in total. The SMILES string of the molecule is CCOc1cc(/C=C(\C#N)C(=O)Nc2cccc(Cl)c2)c(Br)cc1OCc1ccc(Cl)cc1Cl. The fraction of sp³-hybridized carbons (Fsp3) is 0.120. The molecule has 174 valence electrons. The third-order valence-electron chi connectivity index (χ3n) is 4.51. The number of ether oxygens (including phenoxy) is 2. The number of carbonyl (C=O) groups excluding carboxylic acids is 1. The molecule has 0 aliphatic carbocycles. The van der Waals surface area contributed by atoms with E-state index in [9.17, 15) is 10.1 Å². The molecule has 0 bridgehead atoms. The van der Waals surface area contributed by atoms with Gasteiger partial charge in [-0.3, -0.25) is 4.79 Å². The van der Waals surface area contributed by atoms with Crippen LogP contribution in [-0.4, -0.2) is 12.5 Å². The predicted octanol–water partition coefficient (Wildman–Crippen LogP) is 7.93. The van der Waals surface area contributed by atoms with Crippen LogP contribution in [0.2, 0.25) is 15.1 Å². The standard InChI is InChI=1S/C25H18BrCl3N2O3/c1-2-33-23-9-16(8-17(13-30)25(32)31-20-5-3-4-18(27)10-20)21(26)12-24(23)34-14-15-6-7-19(28)11-22(15)29/h3-12H,2,14H2,1H3,(H,31,32)/b17-8+. The third kappa shape index (κ3) is 6.91. The summed E-state index contributed by atoms with van der Waals surface area (Å²) in [4.78, 5) is 12.6. The molecule has 34 heavy (non-hydrogen) atoms. The third-order valence-corrected chi connectivity index (χ3v) is 6.02. The molecule has 3 aromatic carbocycles. The van der Waals surface area contributed by atoms with E-state index in [-0.39, 0.29) is 12.2 Å². The second kappa shape index (κ2) is 12.1. The normalized spacial score (nSPS) is 11.0. The molecule has 9 heteroatoms. The Morgan fingerprint density at radius 2 is 1.79 bits per heavy atom. The van der Waals surface area contributed by atoms with E-state index in [2.05, 4.69) is 21.2 Å². The van der Waals surface area contributed by atoms with Gasteiger partial charge in [0, 0.05) is 30.8 Å². The van der Waals surface area contributed by atoms with E-state index in [4.69, 9.17) is 44.3 Å². The van der Waals surface area contributed by atoms with Gasteiger partial charge >= 0.3 is 0 Å². The molecule has 0 unspecified atom stereocenters. The van der Waals surface area contributed by atoms with Crippen molar-refractivity contribution in [2.24, 2.45) is 0 Å². The fourth-order valence-electron chi connectivity index (χ4n) is 2.91. The van der Waals surface area contributed by atoms with Crippen molar-refractivity contribution in [3.8, 4) is 17.6 Å². The highest BCUT2D eigenvalue weighted by Crippen LogP contribution is 2.36. The van der Waals surface area contributed by atoms with Crippen molar-refractivity contribution >= 4 is 68.4 Å². The van der Waals surface area contributed by atoms with Gasteiger partial charge in [0.2, 0.25) is 0 Å². The van der Waals surface area contributed by atoms with Crippen LogP contribution in [-0.2, 0) is 11.4 Å². The van der Waals surface area contributed by atoms with Crippen molar-refractivity contribution in [2.75, 3.05) is 11.9 Å². The van der Waals surface area contributed by atoms with Gasteiger partial charge in [0.25, 0.3) is 5.91 Å². The first-order valence-electron chi connectivity index (χ1n) is 10.0. The molecular formula is C25H18BrCl3N2O3. The number of nitrogens with zero attached hydrogens (tertiary/aromatic N) is 1. The quantitative estimate of drug-likeness (QED) is 0.217. The van der Waals surface area contributed by atoms with Gasteiger partial charge in [-0.2, -0.15) is 5.26 Å². The van der Waals surface area contributed by atoms with E-state index < -0.39 is 5.91 Å². The van der Waals surface area contributed by atoms with Gasteiger partial charge in [-0.25, -0.2) is 0 Å². The lowest BCUT2D eigenvalue weighted by atomic mass is 10.1. The summed E-state index contributed by atoms with van der Waals surface area (Å²) in [5.74, 6) is 0.362. The van der Waals surface area contributed by atoms with E-state index in [1.165, 1.54) is 6.08 Å². The zero-order chi connectivity index (χ0) is 24.7. The number of benzene rings is 3. The van der Waals surface area contributed by atoms with Crippen LogP contribution in [0.1, 0.15) is 18.1 Å². The maximum absolute atomic E-state index is 12.6. The van der Waals surface area contributed by atoms with Crippen LogP contribution >= 0.6 is 50.7 Å². The summed E-state index contributed by atoms with van der Waals surface area (Å²) < 4.78 is 12.3. The summed E-state index contributed by atoms with van der Waals surface area (Å²) in [6.07, 6.45) is 1.46. The average Bonchev–Trinajstić information content (AvgIpc) is 2.79. The van der Waals surface area contributed by atoms with E-state index in [0.29, 0.717) is 48.9 Å². The van der Waals surface area contributed by atoms with Crippen LogP contribution in [0.4, 0.5) is 5.69 Å². The smallest absolute Gasteiger partial charge is 0.266 e. The topological polar surface area (TPSA) is 71.3 Å². The molecule has 0 saturated heterocycles. The Kier molecular flexibility index (Phi) is 9.26. The Labute approximate surface area is 221 Å². The molecule has 0 atom stereocenters. The zero-order valence-corrected chi connectivity index (χ0v) is 21.7. The number of rotatable bonds is 8. The Balaban J connectivity index is 1.86. The van der Waals surface area contributed by atoms with E-state index in [0.717, 1.165) is 5.56 Å². The molecule has 0 radical (unpaired) electrons. The average molecular weight is 581 g/mol. The van der Waals surface area contributed by atoms with Crippen molar-refractivity contribution < 1.29 is 14.3 Å². The van der Waals surface area contributed by atoms with E-state index in [1.807, 2.05) is 13.0 Å². The second-order valence-corrected chi connectivity index (χ2v) is 9.05. The second-order valence-electron chi connectivity index (χ2n) is 6.91. The van der Waals surface area contributed by atoms with Crippen LogP contribution < -0.4 is 14.8 Å². The fourth-order valence-corrected chi connectivity index (χ4v) is 4.00. The van der Waals surface area contributed by atoms with Crippen molar-refractivity contribution in [3.63, 3.8) is 0 Å². The van der Waals surface area contributed by atoms with Crippen molar-refractivity contribution in [1.82, 2.24) is 0 Å². The lowest BCUT2D eigenvalue weighted by Gasteiger charge is -2.15. The first kappa shape index (κ1) is 25.9. The van der Waals surface area contributed by atoms with Gasteiger partial charge in [0.15, 0.2) is 11.5 Å². The lowest BCUT2D eigenvalue weighted by Crippen LogP contribution is -2.13. The summed E-state index contributed by atoms with van der Waals surface area (Å²) in [5, 5.41) is 13.7. The maximum Gasteiger partial charge on any atom is 0.266 e. The molecular weight excluding hydrogens is 563 g/mol. The van der Waals surface area contributed by atoms with Crippen LogP contribution in [0.5, 0.6) is 11.5 Å². The van der Waals surface area contributed by atoms with Gasteiger partial charge in [-0.15, -0.1) is 0 Å². The zero-order valence-electron chi connectivity index (χ0n) is 17.9. The summed E-state index contributed by atoms with van der Waals surface area (Å²) in [5.41, 5.74) is 1.72. The number of anilines is 1. The van der Waals surface area contributed by atoms with Crippen molar-refractivity contribution in [2.45, 2.75) is 13.5 Å². The molecule has 5 nitrogen and oxygen atoms in total. The van der Waals surface area contributed by atoms with Crippen LogP contribution in [0.15, 0.2) is 64.6 Å². The number of carbonyl (C=O) groups is 1. The minimum absolute atomic E-state index is 0.0928. The van der Waals surface area contributed by atoms with Gasteiger partial charge in [-0.1, -0.05) is 62.9 Å².